The van der Waals surface area contributed by atoms with Crippen LogP contribution in [0.1, 0.15) is 20.7 Å². The van der Waals surface area contributed by atoms with Gasteiger partial charge in [0.1, 0.15) is 22.5 Å². The highest BCUT2D eigenvalue weighted by Crippen LogP contribution is 2.07. The molecule has 0 aliphatic heterocycles. The van der Waals surface area contributed by atoms with Crippen LogP contribution in [0.3, 0.4) is 0 Å². The van der Waals surface area contributed by atoms with E-state index in [-0.39, 0.29) is 16.6 Å². The molecule has 2 aromatic rings. The normalized spacial score (nSPS) is 9.38. The predicted octanol–water partition coefficient (Wildman–Crippen LogP) is -1.65. The molecule has 0 saturated carbocycles. The maximum atomic E-state index is 10.4. The first-order valence-electron chi connectivity index (χ1n) is 6.38. The fourth-order valence-electron chi connectivity index (χ4n) is 1.46. The van der Waals surface area contributed by atoms with E-state index in [9.17, 15) is 9.59 Å². The van der Waals surface area contributed by atoms with Crippen LogP contribution < -0.4 is 11.5 Å². The maximum Gasteiger partial charge on any atom is 0.341 e. The molecule has 2 aromatic carbocycles. The summed E-state index contributed by atoms with van der Waals surface area (Å²) in [4.78, 5) is 20.8. The van der Waals surface area contributed by atoms with E-state index < -0.39 is 22.3 Å². The van der Waals surface area contributed by atoms with Crippen LogP contribution in [0.4, 0.5) is 11.4 Å². The first-order chi connectivity index (χ1) is 11.4. The van der Waals surface area contributed by atoms with Crippen molar-refractivity contribution in [3.63, 3.8) is 0 Å². The molecule has 2 rings (SSSR count). The second-order valence-electron chi connectivity index (χ2n) is 4.33. The average molecular weight is 390 g/mol. The first-order valence-corrected chi connectivity index (χ1v) is 7.72. The van der Waals surface area contributed by atoms with Gasteiger partial charge < -0.3 is 36.3 Å². The van der Waals surface area contributed by atoms with E-state index in [1.165, 1.54) is 12.1 Å². The van der Waals surface area contributed by atoms with E-state index in [1.807, 2.05) is 0 Å². The molecular formula is C14H18N2O9S. The summed E-state index contributed by atoms with van der Waals surface area (Å²) >= 11 is 0. The van der Waals surface area contributed by atoms with Crippen molar-refractivity contribution >= 4 is 33.7 Å². The molecule has 11 nitrogen and oxygen atoms in total. The Labute approximate surface area is 148 Å². The van der Waals surface area contributed by atoms with Gasteiger partial charge in [0.25, 0.3) is 0 Å². The van der Waals surface area contributed by atoms with Gasteiger partial charge in [-0.3, -0.25) is 8.42 Å². The minimum atomic E-state index is -5.17. The number of hydrogen-bond donors (Lipinski definition) is 4. The Kier molecular flexibility index (Phi) is 11.4. The van der Waals surface area contributed by atoms with Crippen molar-refractivity contribution in [2.45, 2.75) is 0 Å². The lowest BCUT2D eigenvalue weighted by Gasteiger charge is -2.06. The van der Waals surface area contributed by atoms with E-state index in [2.05, 4.69) is 11.5 Å². The van der Waals surface area contributed by atoms with E-state index in [1.54, 1.807) is 36.4 Å². The third-order valence-corrected chi connectivity index (χ3v) is 2.50. The fourth-order valence-corrected chi connectivity index (χ4v) is 1.46. The SMILES string of the molecule is O.O=S(=O)([O-])[O-].[NH3+]c1ccccc1C(=O)O.[NH3+]c1ccccc1C(=O)O. The van der Waals surface area contributed by atoms with Gasteiger partial charge in [-0.15, -0.1) is 0 Å². The Morgan fingerprint density at radius 2 is 1.00 bits per heavy atom. The van der Waals surface area contributed by atoms with Crippen LogP contribution in [-0.4, -0.2) is 45.2 Å². The number of hydrogen-bond acceptors (Lipinski definition) is 6. The summed E-state index contributed by atoms with van der Waals surface area (Å²) in [6, 6.07) is 13.3. The van der Waals surface area contributed by atoms with Crippen molar-refractivity contribution in [1.82, 2.24) is 0 Å². The Hall–Kier alpha value is -2.87. The number of quaternary nitrogens is 2. The minimum absolute atomic E-state index is 0. The van der Waals surface area contributed by atoms with Crippen LogP contribution in [0.15, 0.2) is 48.5 Å². The zero-order chi connectivity index (χ0) is 19.6. The number of rotatable bonds is 2. The van der Waals surface area contributed by atoms with Crippen LogP contribution in [0.2, 0.25) is 0 Å². The summed E-state index contributed by atoms with van der Waals surface area (Å²) in [5.74, 6) is -1.85. The molecule has 26 heavy (non-hydrogen) atoms. The zero-order valence-electron chi connectivity index (χ0n) is 13.3. The van der Waals surface area contributed by atoms with Gasteiger partial charge in [0.05, 0.1) is 0 Å². The third-order valence-electron chi connectivity index (χ3n) is 2.50. The summed E-state index contributed by atoms with van der Waals surface area (Å²) in [6.45, 7) is 0. The Morgan fingerprint density at radius 1 is 0.769 bits per heavy atom. The van der Waals surface area contributed by atoms with Crippen molar-refractivity contribution in [2.75, 3.05) is 0 Å². The molecule has 0 unspecified atom stereocenters. The largest absolute Gasteiger partial charge is 0.759 e. The summed E-state index contributed by atoms with van der Waals surface area (Å²) < 4.78 is 34.1. The Balaban J connectivity index is 0. The second-order valence-corrected chi connectivity index (χ2v) is 5.15. The van der Waals surface area contributed by atoms with Crippen LogP contribution in [-0.2, 0) is 10.4 Å². The van der Waals surface area contributed by atoms with Gasteiger partial charge in [-0.05, 0) is 24.3 Å². The van der Waals surface area contributed by atoms with Gasteiger partial charge in [-0.2, -0.15) is 0 Å². The lowest BCUT2D eigenvalue weighted by molar-refractivity contribution is -0.255. The fraction of sp³-hybridized carbons (Fsp3) is 0. The summed E-state index contributed by atoms with van der Waals surface area (Å²) in [6.07, 6.45) is 0. The highest BCUT2D eigenvalue weighted by molar-refractivity contribution is 7.79. The number of carboxylic acid groups (broad SMARTS) is 2. The molecule has 0 amide bonds. The lowest BCUT2D eigenvalue weighted by Crippen LogP contribution is -2.41. The van der Waals surface area contributed by atoms with E-state index in [0.29, 0.717) is 11.4 Å². The van der Waals surface area contributed by atoms with Gasteiger partial charge in [-0.1, -0.05) is 24.3 Å². The number of carbonyl (C=O) groups is 2. The van der Waals surface area contributed by atoms with Crippen molar-refractivity contribution in [1.29, 1.82) is 0 Å². The van der Waals surface area contributed by atoms with E-state index >= 15 is 0 Å². The van der Waals surface area contributed by atoms with Gasteiger partial charge in [0.15, 0.2) is 0 Å². The molecule has 0 aromatic heterocycles. The Morgan fingerprint density at radius 3 is 1.15 bits per heavy atom. The van der Waals surface area contributed by atoms with Crippen LogP contribution in [0, 0.1) is 0 Å². The molecule has 0 bridgehead atoms. The van der Waals surface area contributed by atoms with Gasteiger partial charge >= 0.3 is 11.9 Å². The summed E-state index contributed by atoms with van der Waals surface area (Å²) in [5.41, 5.74) is 8.76. The standard InChI is InChI=1S/2C7H7NO2.H2O4S.H2O/c2*8-6-4-2-1-3-5(6)7(9)10;1-5(2,3)4;/h2*1-4H,8H2,(H,9,10);(H2,1,2,3,4);1H2. The molecule has 0 heterocycles. The van der Waals surface area contributed by atoms with Gasteiger partial charge in [-0.25, -0.2) is 9.59 Å². The van der Waals surface area contributed by atoms with Crippen molar-refractivity contribution in [2.24, 2.45) is 0 Å². The summed E-state index contributed by atoms with van der Waals surface area (Å²) in [5, 5.41) is 17.1. The number of aromatic carboxylic acids is 2. The van der Waals surface area contributed by atoms with Crippen LogP contribution in [0.5, 0.6) is 0 Å². The number of carboxylic acids is 2. The highest BCUT2D eigenvalue weighted by Gasteiger charge is 2.07. The Bertz CT molecular complexity index is 774. The molecule has 10 N–H and O–H groups in total. The van der Waals surface area contributed by atoms with Crippen LogP contribution >= 0.6 is 0 Å². The average Bonchev–Trinajstić information content (AvgIpc) is 2.46. The molecular weight excluding hydrogens is 372 g/mol. The molecule has 0 aliphatic carbocycles. The monoisotopic (exact) mass is 390 g/mol. The highest BCUT2D eigenvalue weighted by atomic mass is 32.3. The molecule has 12 heteroatoms. The molecule has 0 saturated heterocycles. The molecule has 0 fully saturated rings. The minimum Gasteiger partial charge on any atom is -0.759 e. The van der Waals surface area contributed by atoms with Crippen molar-refractivity contribution in [3.05, 3.63) is 59.7 Å². The van der Waals surface area contributed by atoms with Gasteiger partial charge in [0, 0.05) is 10.4 Å². The van der Waals surface area contributed by atoms with E-state index in [4.69, 9.17) is 27.7 Å². The molecule has 0 atom stereocenters. The van der Waals surface area contributed by atoms with Crippen molar-refractivity contribution < 1.29 is 54.3 Å². The second kappa shape index (κ2) is 11.6. The smallest absolute Gasteiger partial charge is 0.341 e. The van der Waals surface area contributed by atoms with Crippen LogP contribution in [0.25, 0.3) is 0 Å². The van der Waals surface area contributed by atoms with E-state index in [0.717, 1.165) is 0 Å². The molecule has 0 radical (unpaired) electrons. The number of benzene rings is 2. The molecule has 0 aliphatic rings. The third kappa shape index (κ3) is 11.6. The predicted molar refractivity (Wildman–Crippen MR) is 86.0 cm³/mol. The first kappa shape index (κ1) is 25.4. The quantitative estimate of drug-likeness (QED) is 0.341. The molecule has 0 spiro atoms. The summed E-state index contributed by atoms with van der Waals surface area (Å²) in [7, 11) is -5.17. The molecule has 144 valence electrons. The zero-order valence-corrected chi connectivity index (χ0v) is 14.1. The lowest BCUT2D eigenvalue weighted by atomic mass is 10.2. The maximum absolute atomic E-state index is 10.4. The topological polar surface area (TPSA) is 242 Å². The van der Waals surface area contributed by atoms with Gasteiger partial charge in [0.2, 0.25) is 0 Å². The van der Waals surface area contributed by atoms with Crippen molar-refractivity contribution in [3.8, 4) is 0 Å².